The number of carbonyl (C=O) groups excluding carboxylic acids is 2. The number of nitrogen functional groups attached to an aromatic ring is 1. The number of nitrogens with one attached hydrogen (secondary N) is 1. The lowest BCUT2D eigenvalue weighted by atomic mass is 10.2. The van der Waals surface area contributed by atoms with Crippen LogP contribution in [0.4, 0.5) is 10.5 Å². The Kier molecular flexibility index (Phi) is 6.67. The highest BCUT2D eigenvalue weighted by atomic mass is 35.5. The predicted molar refractivity (Wildman–Crippen MR) is 117 cm³/mol. The molecule has 0 atom stereocenters. The number of hydrazine groups is 1. The van der Waals surface area contributed by atoms with E-state index in [0.29, 0.717) is 41.1 Å². The van der Waals surface area contributed by atoms with E-state index >= 15 is 0 Å². The molecule has 2 saturated heterocycles. The van der Waals surface area contributed by atoms with Crippen LogP contribution >= 0.6 is 11.6 Å². The molecule has 9 nitrogen and oxygen atoms in total. The van der Waals surface area contributed by atoms with E-state index in [1.165, 1.54) is 6.20 Å². The number of nitrogens with zero attached hydrogens (tertiary/aromatic N) is 4. The Balaban J connectivity index is 1.50. The number of hydrogen-bond donors (Lipinski definition) is 2. The Bertz CT molecular complexity index is 929. The molecule has 4 rings (SSSR count). The molecule has 1 aromatic carbocycles. The summed E-state index contributed by atoms with van der Waals surface area (Å²) in [6, 6.07) is 10.9. The molecule has 1 aromatic heterocycles. The Morgan fingerprint density at radius 3 is 2.55 bits per heavy atom. The van der Waals surface area contributed by atoms with Gasteiger partial charge in [0.05, 0.1) is 37.1 Å². The zero-order valence-electron chi connectivity index (χ0n) is 17.0. The number of rotatable bonds is 5. The van der Waals surface area contributed by atoms with E-state index in [1.807, 2.05) is 17.0 Å². The fourth-order valence-corrected chi connectivity index (χ4v) is 3.88. The molecular weight excluding hydrogens is 420 g/mol. The maximum absolute atomic E-state index is 13.5. The number of carbonyl (C=O) groups is 2. The summed E-state index contributed by atoms with van der Waals surface area (Å²) in [5, 5.41) is 0.549. The lowest BCUT2D eigenvalue weighted by Gasteiger charge is -2.43. The third-order valence-corrected chi connectivity index (χ3v) is 5.85. The average Bonchev–Trinajstić information content (AvgIpc) is 2.76. The normalized spacial score (nSPS) is 17.2. The molecule has 0 aliphatic carbocycles. The van der Waals surface area contributed by atoms with Crippen LogP contribution in [0.2, 0.25) is 5.02 Å². The number of pyridine rings is 1. The second-order valence-electron chi connectivity index (χ2n) is 7.57. The minimum Gasteiger partial charge on any atom is -0.378 e. The van der Waals surface area contributed by atoms with E-state index in [-0.39, 0.29) is 12.6 Å². The largest absolute Gasteiger partial charge is 0.378 e. The SMILES string of the molecule is NNC(=O)c1ccc(CN(C(=O)N2CCN(C3COC3)CC2)c2cccc(Cl)c2)nc1. The van der Waals surface area contributed by atoms with Crippen molar-refractivity contribution < 1.29 is 14.3 Å². The summed E-state index contributed by atoms with van der Waals surface area (Å²) in [5.41, 5.74) is 3.77. The van der Waals surface area contributed by atoms with Crippen molar-refractivity contribution in [2.75, 3.05) is 44.3 Å². The number of anilines is 1. The van der Waals surface area contributed by atoms with Crippen LogP contribution in [-0.2, 0) is 11.3 Å². The summed E-state index contributed by atoms with van der Waals surface area (Å²) in [6.45, 7) is 4.73. The molecule has 2 aromatic rings. The summed E-state index contributed by atoms with van der Waals surface area (Å²) >= 11 is 6.19. The highest BCUT2D eigenvalue weighted by Gasteiger charge is 2.32. The Hall–Kier alpha value is -2.72. The van der Waals surface area contributed by atoms with Crippen molar-refractivity contribution in [2.45, 2.75) is 12.6 Å². The van der Waals surface area contributed by atoms with Gasteiger partial charge in [-0.1, -0.05) is 17.7 Å². The number of amides is 3. The Morgan fingerprint density at radius 1 is 1.19 bits per heavy atom. The standard InChI is InChI=1S/C21H25ClN6O3/c22-16-2-1-3-18(10-16)28(12-17-5-4-15(11-24-17)20(29)25-23)21(30)27-8-6-26(7-9-27)19-13-31-14-19/h1-5,10-11,19H,6-9,12-14,23H2,(H,25,29). The highest BCUT2D eigenvalue weighted by Crippen LogP contribution is 2.24. The number of hydrogen-bond acceptors (Lipinski definition) is 6. The Morgan fingerprint density at radius 2 is 1.97 bits per heavy atom. The van der Waals surface area contributed by atoms with Gasteiger partial charge in [-0.05, 0) is 30.3 Å². The van der Waals surface area contributed by atoms with Gasteiger partial charge >= 0.3 is 6.03 Å². The molecule has 2 aliphatic rings. The summed E-state index contributed by atoms with van der Waals surface area (Å²) in [5.74, 6) is 4.75. The molecule has 3 N–H and O–H groups in total. The van der Waals surface area contributed by atoms with Gasteiger partial charge in [-0.15, -0.1) is 0 Å². The van der Waals surface area contributed by atoms with E-state index < -0.39 is 5.91 Å². The minimum absolute atomic E-state index is 0.0997. The monoisotopic (exact) mass is 444 g/mol. The van der Waals surface area contributed by atoms with Gasteiger partial charge in [0.25, 0.3) is 5.91 Å². The molecule has 0 spiro atoms. The van der Waals surface area contributed by atoms with Crippen molar-refractivity contribution in [3.63, 3.8) is 0 Å². The number of urea groups is 1. The minimum atomic E-state index is -0.420. The smallest absolute Gasteiger partial charge is 0.324 e. The van der Waals surface area contributed by atoms with Gasteiger partial charge < -0.3 is 9.64 Å². The zero-order valence-corrected chi connectivity index (χ0v) is 17.8. The van der Waals surface area contributed by atoms with E-state index in [4.69, 9.17) is 22.2 Å². The van der Waals surface area contributed by atoms with Crippen LogP contribution < -0.4 is 16.2 Å². The van der Waals surface area contributed by atoms with Crippen LogP contribution in [-0.4, -0.2) is 72.2 Å². The molecule has 2 fully saturated rings. The predicted octanol–water partition coefficient (Wildman–Crippen LogP) is 1.48. The van der Waals surface area contributed by atoms with Crippen LogP contribution in [0.25, 0.3) is 0 Å². The first-order valence-corrected chi connectivity index (χ1v) is 10.5. The third kappa shape index (κ3) is 4.96. The molecule has 0 saturated carbocycles. The van der Waals surface area contributed by atoms with Crippen molar-refractivity contribution in [3.05, 3.63) is 58.9 Å². The van der Waals surface area contributed by atoms with Crippen molar-refractivity contribution in [1.29, 1.82) is 0 Å². The van der Waals surface area contributed by atoms with Gasteiger partial charge in [0.2, 0.25) is 0 Å². The molecule has 0 bridgehead atoms. The summed E-state index contributed by atoms with van der Waals surface area (Å²) in [4.78, 5) is 35.3. The number of halogens is 1. The summed E-state index contributed by atoms with van der Waals surface area (Å²) in [7, 11) is 0. The number of aromatic nitrogens is 1. The average molecular weight is 445 g/mol. The number of piperazine rings is 1. The van der Waals surface area contributed by atoms with Gasteiger partial charge in [0.15, 0.2) is 0 Å². The van der Waals surface area contributed by atoms with Gasteiger partial charge in [-0.2, -0.15) is 0 Å². The van der Waals surface area contributed by atoms with Gasteiger partial charge in [-0.25, -0.2) is 10.6 Å². The fraction of sp³-hybridized carbons (Fsp3) is 0.381. The van der Waals surface area contributed by atoms with Crippen molar-refractivity contribution >= 4 is 29.2 Å². The fourth-order valence-electron chi connectivity index (χ4n) is 3.69. The van der Waals surface area contributed by atoms with Crippen LogP contribution in [0.15, 0.2) is 42.6 Å². The summed E-state index contributed by atoms with van der Waals surface area (Å²) in [6.07, 6.45) is 1.44. The first-order chi connectivity index (χ1) is 15.0. The first-order valence-electron chi connectivity index (χ1n) is 10.1. The topological polar surface area (TPSA) is 104 Å². The van der Waals surface area contributed by atoms with Crippen molar-refractivity contribution in [2.24, 2.45) is 5.84 Å². The Labute approximate surface area is 185 Å². The molecule has 10 heteroatoms. The van der Waals surface area contributed by atoms with Crippen molar-refractivity contribution in [3.8, 4) is 0 Å². The van der Waals surface area contributed by atoms with Crippen molar-refractivity contribution in [1.82, 2.24) is 20.2 Å². The molecule has 31 heavy (non-hydrogen) atoms. The quantitative estimate of drug-likeness (QED) is 0.411. The van der Waals surface area contributed by atoms with E-state index in [0.717, 1.165) is 26.3 Å². The van der Waals surface area contributed by atoms with Crippen LogP contribution in [0, 0.1) is 0 Å². The highest BCUT2D eigenvalue weighted by molar-refractivity contribution is 6.30. The second kappa shape index (κ2) is 9.61. The second-order valence-corrected chi connectivity index (χ2v) is 8.01. The number of nitrogens with two attached hydrogens (primary N) is 1. The van der Waals surface area contributed by atoms with Crippen LogP contribution in [0.5, 0.6) is 0 Å². The molecule has 3 amide bonds. The zero-order chi connectivity index (χ0) is 21.8. The third-order valence-electron chi connectivity index (χ3n) is 5.61. The lowest BCUT2D eigenvalue weighted by Crippen LogP contribution is -2.59. The maximum Gasteiger partial charge on any atom is 0.324 e. The number of benzene rings is 1. The molecule has 0 unspecified atom stereocenters. The maximum atomic E-state index is 13.5. The number of ether oxygens (including phenoxy) is 1. The van der Waals surface area contributed by atoms with Gasteiger partial charge in [0, 0.05) is 43.1 Å². The first kappa shape index (κ1) is 21.5. The van der Waals surface area contributed by atoms with Crippen LogP contribution in [0.1, 0.15) is 16.1 Å². The lowest BCUT2D eigenvalue weighted by molar-refractivity contribution is -0.0738. The van der Waals surface area contributed by atoms with Crippen LogP contribution in [0.3, 0.4) is 0 Å². The van der Waals surface area contributed by atoms with Gasteiger partial charge in [0.1, 0.15) is 0 Å². The van der Waals surface area contributed by atoms with Gasteiger partial charge in [-0.3, -0.25) is 25.0 Å². The molecule has 0 radical (unpaired) electrons. The molecule has 164 valence electrons. The van der Waals surface area contributed by atoms with E-state index in [1.54, 1.807) is 29.2 Å². The van der Waals surface area contributed by atoms with E-state index in [9.17, 15) is 9.59 Å². The molecule has 2 aliphatic heterocycles. The summed E-state index contributed by atoms with van der Waals surface area (Å²) < 4.78 is 5.28. The molecular formula is C21H25ClN6O3. The van der Waals surface area contributed by atoms with E-state index in [2.05, 4.69) is 15.3 Å². The molecule has 3 heterocycles.